The van der Waals surface area contributed by atoms with Gasteiger partial charge in [-0.2, -0.15) is 0 Å². The highest BCUT2D eigenvalue weighted by atomic mass is 33.1. The van der Waals surface area contributed by atoms with Crippen molar-refractivity contribution in [3.05, 3.63) is 35.7 Å². The first-order valence-corrected chi connectivity index (χ1v) is 18.9. The highest BCUT2D eigenvalue weighted by Crippen LogP contribution is 2.33. The van der Waals surface area contributed by atoms with Crippen LogP contribution in [0.1, 0.15) is 160 Å². The van der Waals surface area contributed by atoms with Crippen LogP contribution >= 0.6 is 21.6 Å². The molecule has 0 unspecified atom stereocenters. The topological polar surface area (TPSA) is 30.7 Å². The molecule has 0 fully saturated rings. The van der Waals surface area contributed by atoms with Gasteiger partial charge in [0.25, 0.3) is 0 Å². The Morgan fingerprint density at radius 1 is 0.564 bits per heavy atom. The number of aryl methyl sites for hydroxylation is 2. The molecule has 0 bridgehead atoms. The van der Waals surface area contributed by atoms with Crippen LogP contribution in [0.4, 0.5) is 0 Å². The van der Waals surface area contributed by atoms with E-state index in [4.69, 9.17) is 0 Å². The van der Waals surface area contributed by atoms with Crippen molar-refractivity contribution in [2.24, 2.45) is 0 Å². The molecule has 1 heterocycles. The van der Waals surface area contributed by atoms with Crippen molar-refractivity contribution in [2.75, 3.05) is 5.75 Å². The molecular formula is C34H59N3S2. The van der Waals surface area contributed by atoms with Crippen molar-refractivity contribution in [1.29, 1.82) is 0 Å². The predicted molar refractivity (Wildman–Crippen MR) is 176 cm³/mol. The predicted octanol–water partition coefficient (Wildman–Crippen LogP) is 12.1. The van der Waals surface area contributed by atoms with Gasteiger partial charge in [-0.1, -0.05) is 164 Å². The first-order chi connectivity index (χ1) is 19.3. The molecule has 2 aromatic rings. The summed E-state index contributed by atoms with van der Waals surface area (Å²) in [6.07, 6.45) is 30.1. The largest absolute Gasteiger partial charge is 0.273 e. The molecule has 0 N–H and O–H groups in total. The third-order valence-corrected chi connectivity index (χ3v) is 10.00. The van der Waals surface area contributed by atoms with Crippen molar-refractivity contribution >= 4 is 21.6 Å². The van der Waals surface area contributed by atoms with Gasteiger partial charge < -0.3 is 0 Å². The van der Waals surface area contributed by atoms with Gasteiger partial charge in [-0.15, -0.1) is 10.2 Å². The Bertz CT molecular complexity index is 818. The van der Waals surface area contributed by atoms with Gasteiger partial charge in [-0.3, -0.25) is 4.57 Å². The third-order valence-electron chi connectivity index (χ3n) is 7.71. The van der Waals surface area contributed by atoms with Crippen molar-refractivity contribution in [1.82, 2.24) is 14.8 Å². The number of nitrogens with zero attached hydrogens (tertiary/aromatic N) is 3. The monoisotopic (exact) mass is 573 g/mol. The smallest absolute Gasteiger partial charge is 0.206 e. The standard InChI is InChI=1S/C34H59N3S2/c1-4-6-8-10-12-13-14-15-16-17-18-19-20-21-23-25-33-35-36-34(37(33)32-28-26-31(3)27-29-32)39-38-30-24-22-11-9-7-5-2/h26-29H,4-25,30H2,1-3H3. The first-order valence-electron chi connectivity index (χ1n) is 16.6. The molecule has 0 aliphatic carbocycles. The zero-order chi connectivity index (χ0) is 27.8. The van der Waals surface area contributed by atoms with Crippen LogP contribution < -0.4 is 0 Å². The van der Waals surface area contributed by atoms with E-state index >= 15 is 0 Å². The van der Waals surface area contributed by atoms with E-state index in [1.54, 1.807) is 10.8 Å². The molecule has 1 aromatic carbocycles. The van der Waals surface area contributed by atoms with E-state index in [9.17, 15) is 0 Å². The lowest BCUT2D eigenvalue weighted by Crippen LogP contribution is -2.03. The minimum Gasteiger partial charge on any atom is -0.273 e. The molecule has 39 heavy (non-hydrogen) atoms. The van der Waals surface area contributed by atoms with Gasteiger partial charge in [-0.05, 0) is 42.7 Å². The molecule has 0 saturated heterocycles. The molecule has 5 heteroatoms. The Labute approximate surface area is 249 Å². The summed E-state index contributed by atoms with van der Waals surface area (Å²) in [7, 11) is 3.74. The zero-order valence-corrected chi connectivity index (χ0v) is 27.4. The average molecular weight is 574 g/mol. The van der Waals surface area contributed by atoms with Crippen LogP contribution in [0.25, 0.3) is 5.69 Å². The van der Waals surface area contributed by atoms with Gasteiger partial charge in [-0.25, -0.2) is 0 Å². The summed E-state index contributed by atoms with van der Waals surface area (Å²) in [5.41, 5.74) is 2.49. The van der Waals surface area contributed by atoms with Gasteiger partial charge in [0.05, 0.1) is 0 Å². The maximum Gasteiger partial charge on any atom is 0.206 e. The van der Waals surface area contributed by atoms with E-state index in [1.165, 1.54) is 152 Å². The van der Waals surface area contributed by atoms with Crippen molar-refractivity contribution < 1.29 is 0 Å². The number of benzene rings is 1. The second-order valence-electron chi connectivity index (χ2n) is 11.4. The van der Waals surface area contributed by atoms with E-state index in [-0.39, 0.29) is 0 Å². The second kappa shape index (κ2) is 23.7. The zero-order valence-electron chi connectivity index (χ0n) is 25.7. The van der Waals surface area contributed by atoms with Crippen LogP contribution in [0.2, 0.25) is 0 Å². The fourth-order valence-corrected chi connectivity index (χ4v) is 7.27. The molecular weight excluding hydrogens is 515 g/mol. The minimum absolute atomic E-state index is 1.02. The van der Waals surface area contributed by atoms with Crippen LogP contribution in [0.15, 0.2) is 29.4 Å². The van der Waals surface area contributed by atoms with Crippen LogP contribution in [0.3, 0.4) is 0 Å². The molecule has 1 aromatic heterocycles. The first kappa shape index (κ1) is 34.3. The Kier molecular flexibility index (Phi) is 20.9. The molecule has 0 amide bonds. The summed E-state index contributed by atoms with van der Waals surface area (Å²) in [5, 5.41) is 10.3. The second-order valence-corrected chi connectivity index (χ2v) is 13.8. The Morgan fingerprint density at radius 3 is 1.54 bits per heavy atom. The third kappa shape index (κ3) is 16.2. The van der Waals surface area contributed by atoms with Gasteiger partial charge in [0.2, 0.25) is 5.16 Å². The lowest BCUT2D eigenvalue weighted by molar-refractivity contribution is 0.531. The molecule has 0 atom stereocenters. The van der Waals surface area contributed by atoms with E-state index < -0.39 is 0 Å². The summed E-state index contributed by atoms with van der Waals surface area (Å²) in [6, 6.07) is 8.84. The van der Waals surface area contributed by atoms with Gasteiger partial charge in [0, 0.05) is 17.9 Å². The van der Waals surface area contributed by atoms with Crippen LogP contribution in [0.5, 0.6) is 0 Å². The number of rotatable bonds is 26. The maximum absolute atomic E-state index is 4.65. The van der Waals surface area contributed by atoms with Gasteiger partial charge >= 0.3 is 0 Å². The molecule has 222 valence electrons. The fraction of sp³-hybridized carbons (Fsp3) is 0.765. The number of aromatic nitrogens is 3. The van der Waals surface area contributed by atoms with Gasteiger partial charge in [0.1, 0.15) is 5.82 Å². The fourth-order valence-electron chi connectivity index (χ4n) is 5.16. The van der Waals surface area contributed by atoms with Crippen molar-refractivity contribution in [2.45, 2.75) is 167 Å². The Balaban J connectivity index is 1.63. The molecule has 0 aliphatic heterocycles. The highest BCUT2D eigenvalue weighted by molar-refractivity contribution is 8.76. The summed E-state index contributed by atoms with van der Waals surface area (Å²) in [5.74, 6) is 2.31. The number of hydrogen-bond donors (Lipinski definition) is 0. The number of hydrogen-bond acceptors (Lipinski definition) is 4. The SMILES string of the molecule is CCCCCCCCCCCCCCCCCc1nnc(SSCCCCCCCC)n1-c1ccc(C)cc1. The van der Waals surface area contributed by atoms with E-state index in [1.807, 2.05) is 10.8 Å². The molecule has 2 rings (SSSR count). The van der Waals surface area contributed by atoms with E-state index in [0.717, 1.165) is 17.4 Å². The summed E-state index contributed by atoms with van der Waals surface area (Å²) in [6.45, 7) is 6.73. The lowest BCUT2D eigenvalue weighted by Gasteiger charge is -2.10. The maximum atomic E-state index is 4.65. The van der Waals surface area contributed by atoms with Crippen molar-refractivity contribution in [3.63, 3.8) is 0 Å². The summed E-state index contributed by atoms with van der Waals surface area (Å²) < 4.78 is 2.31. The minimum atomic E-state index is 1.02. The summed E-state index contributed by atoms with van der Waals surface area (Å²) in [4.78, 5) is 0. The molecule has 0 spiro atoms. The molecule has 0 aliphatic rings. The quantitative estimate of drug-likeness (QED) is 0.0827. The normalized spacial score (nSPS) is 11.5. The Hall–Kier alpha value is -0.940. The van der Waals surface area contributed by atoms with Gasteiger partial charge in [0.15, 0.2) is 0 Å². The molecule has 0 radical (unpaired) electrons. The molecule has 0 saturated carbocycles. The van der Waals surface area contributed by atoms with E-state index in [2.05, 4.69) is 59.8 Å². The van der Waals surface area contributed by atoms with E-state index in [0.29, 0.717) is 0 Å². The van der Waals surface area contributed by atoms with Crippen molar-refractivity contribution in [3.8, 4) is 5.69 Å². The lowest BCUT2D eigenvalue weighted by atomic mass is 10.0. The summed E-state index contributed by atoms with van der Waals surface area (Å²) >= 11 is 0. The highest BCUT2D eigenvalue weighted by Gasteiger charge is 2.14. The van der Waals surface area contributed by atoms with Crippen LogP contribution in [-0.4, -0.2) is 20.5 Å². The van der Waals surface area contributed by atoms with Crippen LogP contribution in [-0.2, 0) is 6.42 Å². The van der Waals surface area contributed by atoms with Crippen LogP contribution in [0, 0.1) is 6.92 Å². The Morgan fingerprint density at radius 2 is 1.03 bits per heavy atom. The average Bonchev–Trinajstić information content (AvgIpc) is 3.35. The molecule has 3 nitrogen and oxygen atoms in total. The number of unbranched alkanes of at least 4 members (excludes halogenated alkanes) is 19.